The number of hydrogen-bond acceptors (Lipinski definition) is 8. The van der Waals surface area contributed by atoms with Gasteiger partial charge >= 0.3 is 0 Å². The topological polar surface area (TPSA) is 145 Å². The van der Waals surface area contributed by atoms with Crippen LogP contribution in [0.25, 0.3) is 0 Å². The van der Waals surface area contributed by atoms with Crippen LogP contribution in [0.1, 0.15) is 28.0 Å². The zero-order chi connectivity index (χ0) is 28.5. The van der Waals surface area contributed by atoms with Gasteiger partial charge in [0.05, 0.1) is 31.2 Å². The summed E-state index contributed by atoms with van der Waals surface area (Å²) in [5.41, 5.74) is 1.74. The van der Waals surface area contributed by atoms with Crippen molar-refractivity contribution in [3.8, 4) is 11.5 Å². The average molecular weight is 571 g/mol. The highest BCUT2D eigenvalue weighted by atomic mass is 32.2. The molecule has 3 aromatic rings. The van der Waals surface area contributed by atoms with Gasteiger partial charge in [-0.25, -0.2) is 12.7 Å². The number of ether oxygens (including phenoxy) is 2. The van der Waals surface area contributed by atoms with Gasteiger partial charge in [-0.3, -0.25) is 14.3 Å². The van der Waals surface area contributed by atoms with E-state index in [1.807, 2.05) is 30.3 Å². The minimum Gasteiger partial charge on any atom is -0.493 e. The zero-order valence-electron chi connectivity index (χ0n) is 22.6. The molecule has 0 aliphatic carbocycles. The normalized spacial score (nSPS) is 18.2. The molecule has 2 N–H and O–H groups in total. The molecular weight excluding hydrogens is 536 g/mol. The quantitative estimate of drug-likeness (QED) is 0.473. The van der Waals surface area contributed by atoms with Gasteiger partial charge in [0.25, 0.3) is 5.91 Å². The maximum absolute atomic E-state index is 13.5. The Morgan fingerprint density at radius 1 is 1.07 bits per heavy atom. The van der Waals surface area contributed by atoms with Gasteiger partial charge in [0.15, 0.2) is 11.5 Å². The van der Waals surface area contributed by atoms with Crippen molar-refractivity contribution in [2.45, 2.75) is 31.8 Å². The summed E-state index contributed by atoms with van der Waals surface area (Å²) in [6.45, 7) is 1.10. The largest absolute Gasteiger partial charge is 0.493 e. The van der Waals surface area contributed by atoms with Gasteiger partial charge in [-0.15, -0.1) is 5.10 Å². The number of rotatable bonds is 4. The summed E-state index contributed by atoms with van der Waals surface area (Å²) in [6, 6.07) is 13.4. The third-order valence-corrected chi connectivity index (χ3v) is 7.76. The maximum Gasteiger partial charge on any atom is 0.255 e. The first-order chi connectivity index (χ1) is 19.2. The minimum atomic E-state index is -3.54. The number of nitrogens with one attached hydrogen (secondary N) is 2. The van der Waals surface area contributed by atoms with Crippen LogP contribution in [-0.4, -0.2) is 85.2 Å². The third kappa shape index (κ3) is 7.79. The number of methoxy groups -OCH3 is 1. The molecule has 0 saturated heterocycles. The van der Waals surface area contributed by atoms with Gasteiger partial charge in [-0.05, 0) is 17.7 Å². The Hall–Kier alpha value is -3.97. The lowest BCUT2D eigenvalue weighted by Gasteiger charge is -2.22. The fourth-order valence-electron chi connectivity index (χ4n) is 4.37. The van der Waals surface area contributed by atoms with Gasteiger partial charge < -0.3 is 20.1 Å². The standard InChI is InChI=1S/C27H34N6O6S/c1-38-24-11-6-10-22-25(24)39-17-7-14-32-19-21(30-31-32)12-15-33(40(2,36)37)16-13-28-27(35)23(29-26(22)34)18-20-8-4-3-5-9-20/h3-6,8-11,19,23H,7,12-18H2,1-2H3,(H,28,35)(H,29,34)/t23-/m0/s1. The summed E-state index contributed by atoms with van der Waals surface area (Å²) in [7, 11) is -2.04. The molecule has 40 heavy (non-hydrogen) atoms. The van der Waals surface area contributed by atoms with E-state index in [1.54, 1.807) is 29.1 Å². The number of carbonyl (C=O) groups is 2. The highest BCUT2D eigenvalue weighted by molar-refractivity contribution is 7.88. The number of fused-ring (bicyclic) bond motifs is 3. The van der Waals surface area contributed by atoms with Crippen molar-refractivity contribution >= 4 is 21.8 Å². The molecule has 2 amide bonds. The van der Waals surface area contributed by atoms with E-state index in [0.717, 1.165) is 11.8 Å². The number of hydrogen-bond donors (Lipinski definition) is 2. The molecule has 1 aliphatic rings. The minimum absolute atomic E-state index is 0.0628. The molecule has 0 saturated carbocycles. The molecule has 1 atom stereocenters. The zero-order valence-corrected chi connectivity index (χ0v) is 23.4. The van der Waals surface area contributed by atoms with Crippen molar-refractivity contribution in [2.24, 2.45) is 0 Å². The number of nitrogens with zero attached hydrogens (tertiary/aromatic N) is 4. The Morgan fingerprint density at radius 3 is 2.62 bits per heavy atom. The van der Waals surface area contributed by atoms with Crippen molar-refractivity contribution in [1.29, 1.82) is 0 Å². The molecular formula is C27H34N6O6S. The van der Waals surface area contributed by atoms with Crippen molar-refractivity contribution in [1.82, 2.24) is 29.9 Å². The summed E-state index contributed by atoms with van der Waals surface area (Å²) >= 11 is 0. The second-order valence-corrected chi connectivity index (χ2v) is 11.4. The summed E-state index contributed by atoms with van der Waals surface area (Å²) in [5.74, 6) is -0.257. The predicted octanol–water partition coefficient (Wildman–Crippen LogP) is 1.03. The number of sulfonamides is 1. The predicted molar refractivity (Wildman–Crippen MR) is 148 cm³/mol. The van der Waals surface area contributed by atoms with Crippen LogP contribution in [0, 0.1) is 0 Å². The van der Waals surface area contributed by atoms with E-state index in [-0.39, 0.29) is 44.0 Å². The van der Waals surface area contributed by atoms with E-state index in [2.05, 4.69) is 20.9 Å². The first-order valence-corrected chi connectivity index (χ1v) is 14.9. The summed E-state index contributed by atoms with van der Waals surface area (Å²) in [4.78, 5) is 26.8. The first-order valence-electron chi connectivity index (χ1n) is 13.0. The van der Waals surface area contributed by atoms with Crippen LogP contribution in [-0.2, 0) is 34.2 Å². The molecule has 0 spiro atoms. The van der Waals surface area contributed by atoms with Gasteiger partial charge in [0, 0.05) is 51.6 Å². The van der Waals surface area contributed by atoms with Crippen LogP contribution in [0.3, 0.4) is 0 Å². The molecule has 2 bridgehead atoms. The van der Waals surface area contributed by atoms with Crippen molar-refractivity contribution in [3.05, 3.63) is 71.5 Å². The Morgan fingerprint density at radius 2 is 1.88 bits per heavy atom. The highest BCUT2D eigenvalue weighted by Crippen LogP contribution is 2.31. The molecule has 4 rings (SSSR count). The van der Waals surface area contributed by atoms with Gasteiger partial charge in [-0.2, -0.15) is 0 Å². The summed E-state index contributed by atoms with van der Waals surface area (Å²) in [6.07, 6.45) is 4.08. The molecule has 1 aromatic heterocycles. The number of para-hydroxylation sites is 1. The molecule has 0 fully saturated rings. The lowest BCUT2D eigenvalue weighted by molar-refractivity contribution is -0.123. The SMILES string of the molecule is COc1cccc2c1OCCCn1cc(nn1)CCN(S(C)(=O)=O)CCNC(=O)[C@H](Cc1ccccc1)NC2=O. The summed E-state index contributed by atoms with van der Waals surface area (Å²) < 4.78 is 39.2. The van der Waals surface area contributed by atoms with Crippen molar-refractivity contribution < 1.29 is 27.5 Å². The van der Waals surface area contributed by atoms with E-state index in [1.165, 1.54) is 11.4 Å². The molecule has 0 unspecified atom stereocenters. The fourth-order valence-corrected chi connectivity index (χ4v) is 5.22. The number of aryl methyl sites for hydroxylation is 1. The third-order valence-electron chi connectivity index (χ3n) is 6.46. The molecule has 13 heteroatoms. The molecule has 0 radical (unpaired) electrons. The average Bonchev–Trinajstić information content (AvgIpc) is 3.39. The molecule has 1 aliphatic heterocycles. The van der Waals surface area contributed by atoms with Crippen LogP contribution in [0.15, 0.2) is 54.7 Å². The smallest absolute Gasteiger partial charge is 0.255 e. The van der Waals surface area contributed by atoms with Crippen molar-refractivity contribution in [3.63, 3.8) is 0 Å². The van der Waals surface area contributed by atoms with E-state index in [0.29, 0.717) is 30.8 Å². The second-order valence-electron chi connectivity index (χ2n) is 9.43. The molecule has 2 heterocycles. The van der Waals surface area contributed by atoms with Gasteiger partial charge in [0.2, 0.25) is 15.9 Å². The second kappa shape index (κ2) is 13.4. The van der Waals surface area contributed by atoms with E-state index >= 15 is 0 Å². The van der Waals surface area contributed by atoms with Gasteiger partial charge in [-0.1, -0.05) is 41.6 Å². The van der Waals surface area contributed by atoms with E-state index in [4.69, 9.17) is 9.47 Å². The number of carbonyl (C=O) groups excluding carboxylic acids is 2. The van der Waals surface area contributed by atoms with Crippen molar-refractivity contribution in [2.75, 3.05) is 39.6 Å². The van der Waals surface area contributed by atoms with Crippen LogP contribution >= 0.6 is 0 Å². The van der Waals surface area contributed by atoms with Crippen LogP contribution in [0.2, 0.25) is 0 Å². The van der Waals surface area contributed by atoms with E-state index < -0.39 is 27.9 Å². The Kier molecular flexibility index (Phi) is 9.72. The number of aromatic nitrogens is 3. The highest BCUT2D eigenvalue weighted by Gasteiger charge is 2.26. The molecule has 12 nitrogen and oxygen atoms in total. The van der Waals surface area contributed by atoms with Crippen LogP contribution < -0.4 is 20.1 Å². The van der Waals surface area contributed by atoms with Crippen LogP contribution in [0.4, 0.5) is 0 Å². The monoisotopic (exact) mass is 570 g/mol. The van der Waals surface area contributed by atoms with Crippen LogP contribution in [0.5, 0.6) is 11.5 Å². The number of benzene rings is 2. The molecule has 214 valence electrons. The molecule has 2 aromatic carbocycles. The summed E-state index contributed by atoms with van der Waals surface area (Å²) in [5, 5.41) is 13.9. The fraction of sp³-hybridized carbons (Fsp3) is 0.407. The lowest BCUT2D eigenvalue weighted by Crippen LogP contribution is -2.49. The lowest BCUT2D eigenvalue weighted by atomic mass is 10.0. The maximum atomic E-state index is 13.5. The van der Waals surface area contributed by atoms with Gasteiger partial charge in [0.1, 0.15) is 6.04 Å². The van der Waals surface area contributed by atoms with E-state index in [9.17, 15) is 18.0 Å². The first kappa shape index (κ1) is 29.0. The Bertz CT molecular complexity index is 1410. The Labute approximate surface area is 233 Å². The number of amides is 2. The Balaban J connectivity index is 1.62.